The maximum atomic E-state index is 9.39. The zero-order valence-electron chi connectivity index (χ0n) is 12.6. The Labute approximate surface area is 129 Å². The predicted octanol–water partition coefficient (Wildman–Crippen LogP) is 3.58. The molecule has 0 aliphatic rings. The number of phenolic OH excluding ortho intramolecular Hbond substituents is 1. The van der Waals surface area contributed by atoms with Crippen LogP contribution in [0.5, 0.6) is 5.75 Å². The topological polar surface area (TPSA) is 49.2 Å². The number of aromatic hydroxyl groups is 1. The molecule has 0 amide bonds. The maximum absolute atomic E-state index is 9.39. The van der Waals surface area contributed by atoms with Gasteiger partial charge in [0.2, 0.25) is 0 Å². The number of nitrogens with zero attached hydrogens (tertiary/aromatic N) is 3. The first kappa shape index (κ1) is 14.1. The molecule has 0 atom stereocenters. The summed E-state index contributed by atoms with van der Waals surface area (Å²) >= 11 is 0. The minimum atomic E-state index is 0.241. The van der Waals surface area contributed by atoms with Crippen LogP contribution in [0, 0.1) is 0 Å². The van der Waals surface area contributed by atoms with Crippen LogP contribution in [-0.2, 0) is 0 Å². The quantitative estimate of drug-likeness (QED) is 0.801. The fourth-order valence-electron chi connectivity index (χ4n) is 2.35. The average molecular weight is 291 g/mol. The Balaban J connectivity index is 2.07. The summed E-state index contributed by atoms with van der Waals surface area (Å²) in [6.45, 7) is 0. The fourth-order valence-corrected chi connectivity index (χ4v) is 2.35. The van der Waals surface area contributed by atoms with Gasteiger partial charge in [0.05, 0.1) is 23.8 Å². The molecule has 0 fully saturated rings. The van der Waals surface area contributed by atoms with Gasteiger partial charge in [-0.05, 0) is 30.3 Å². The van der Waals surface area contributed by atoms with Crippen molar-refractivity contribution < 1.29 is 5.11 Å². The first-order valence-electron chi connectivity index (χ1n) is 7.03. The Kier molecular flexibility index (Phi) is 3.74. The normalized spacial score (nSPS) is 10.5. The van der Waals surface area contributed by atoms with E-state index in [2.05, 4.69) is 16.0 Å². The van der Waals surface area contributed by atoms with E-state index in [1.807, 2.05) is 44.4 Å². The Morgan fingerprint density at radius 1 is 0.864 bits per heavy atom. The van der Waals surface area contributed by atoms with E-state index >= 15 is 0 Å². The van der Waals surface area contributed by atoms with E-state index in [-0.39, 0.29) is 5.75 Å². The van der Waals surface area contributed by atoms with Crippen LogP contribution in [0.25, 0.3) is 22.5 Å². The van der Waals surface area contributed by atoms with Gasteiger partial charge >= 0.3 is 0 Å². The summed E-state index contributed by atoms with van der Waals surface area (Å²) in [5, 5.41) is 9.39. The highest BCUT2D eigenvalue weighted by atomic mass is 16.3. The smallest absolute Gasteiger partial charge is 0.115 e. The van der Waals surface area contributed by atoms with Crippen molar-refractivity contribution in [2.75, 3.05) is 19.0 Å². The molecular formula is C18H17N3O. The molecule has 0 bridgehead atoms. The lowest BCUT2D eigenvalue weighted by molar-refractivity contribution is 0.475. The molecule has 4 heteroatoms. The molecule has 0 unspecified atom stereocenters. The molecule has 4 nitrogen and oxygen atoms in total. The number of rotatable bonds is 3. The fraction of sp³-hybridized carbons (Fsp3) is 0.111. The molecule has 22 heavy (non-hydrogen) atoms. The lowest BCUT2D eigenvalue weighted by Crippen LogP contribution is -2.10. The molecule has 3 aromatic rings. The molecule has 0 aliphatic heterocycles. The number of para-hydroxylation sites is 1. The summed E-state index contributed by atoms with van der Waals surface area (Å²) < 4.78 is 0. The highest BCUT2D eigenvalue weighted by Gasteiger charge is 2.09. The number of hydrogen-bond acceptors (Lipinski definition) is 4. The Bertz CT molecular complexity index is 782. The lowest BCUT2D eigenvalue weighted by Gasteiger charge is -2.17. The molecule has 1 heterocycles. The zero-order chi connectivity index (χ0) is 15.5. The third kappa shape index (κ3) is 2.76. The lowest BCUT2D eigenvalue weighted by atomic mass is 10.1. The number of phenols is 1. The van der Waals surface area contributed by atoms with Crippen molar-refractivity contribution in [2.45, 2.75) is 0 Å². The summed E-state index contributed by atoms with van der Waals surface area (Å²) in [6.07, 6.45) is 3.50. The minimum Gasteiger partial charge on any atom is -0.508 e. The third-order valence-electron chi connectivity index (χ3n) is 3.46. The van der Waals surface area contributed by atoms with Gasteiger partial charge in [-0.1, -0.05) is 18.2 Å². The largest absolute Gasteiger partial charge is 0.508 e. The van der Waals surface area contributed by atoms with Gasteiger partial charge in [-0.3, -0.25) is 4.98 Å². The first-order valence-corrected chi connectivity index (χ1v) is 7.03. The summed E-state index contributed by atoms with van der Waals surface area (Å²) in [7, 11) is 4.02. The van der Waals surface area contributed by atoms with E-state index in [0.717, 1.165) is 28.2 Å². The van der Waals surface area contributed by atoms with Crippen LogP contribution in [0.3, 0.4) is 0 Å². The van der Waals surface area contributed by atoms with Crippen LogP contribution in [0.15, 0.2) is 60.9 Å². The third-order valence-corrected chi connectivity index (χ3v) is 3.46. The summed E-state index contributed by atoms with van der Waals surface area (Å²) in [6, 6.07) is 15.1. The molecule has 2 aromatic carbocycles. The summed E-state index contributed by atoms with van der Waals surface area (Å²) in [5.74, 6) is 0.241. The summed E-state index contributed by atoms with van der Waals surface area (Å²) in [4.78, 5) is 11.1. The van der Waals surface area contributed by atoms with E-state index in [1.54, 1.807) is 24.5 Å². The van der Waals surface area contributed by atoms with Gasteiger partial charge in [-0.2, -0.15) is 0 Å². The van der Waals surface area contributed by atoms with Gasteiger partial charge in [0.15, 0.2) is 0 Å². The Morgan fingerprint density at radius 3 is 2.27 bits per heavy atom. The van der Waals surface area contributed by atoms with Crippen LogP contribution in [0.2, 0.25) is 0 Å². The standard InChI is InChI=1S/C18H17N3O/c1-21(2)18-6-4-3-5-15(18)17-12-19-11-16(20-17)13-7-9-14(22)10-8-13/h3-12,22H,1-2H3. The highest BCUT2D eigenvalue weighted by molar-refractivity contribution is 5.76. The Hall–Kier alpha value is -2.88. The van der Waals surface area contributed by atoms with Crippen molar-refractivity contribution in [3.05, 3.63) is 60.9 Å². The van der Waals surface area contributed by atoms with Crippen LogP contribution in [0.1, 0.15) is 0 Å². The second-order valence-electron chi connectivity index (χ2n) is 5.25. The van der Waals surface area contributed by atoms with Crippen molar-refractivity contribution in [1.82, 2.24) is 9.97 Å². The zero-order valence-corrected chi connectivity index (χ0v) is 12.6. The SMILES string of the molecule is CN(C)c1ccccc1-c1cncc(-c2ccc(O)cc2)n1. The molecule has 0 aliphatic carbocycles. The van der Waals surface area contributed by atoms with Crippen molar-refractivity contribution in [2.24, 2.45) is 0 Å². The molecule has 0 radical (unpaired) electrons. The van der Waals surface area contributed by atoms with Crippen LogP contribution >= 0.6 is 0 Å². The molecule has 1 N–H and O–H groups in total. The van der Waals surface area contributed by atoms with E-state index in [4.69, 9.17) is 4.98 Å². The van der Waals surface area contributed by atoms with Gasteiger partial charge < -0.3 is 10.0 Å². The van der Waals surface area contributed by atoms with Crippen LogP contribution < -0.4 is 4.90 Å². The van der Waals surface area contributed by atoms with E-state index < -0.39 is 0 Å². The number of aromatic nitrogens is 2. The van der Waals surface area contributed by atoms with Crippen molar-refractivity contribution >= 4 is 5.69 Å². The number of hydrogen-bond donors (Lipinski definition) is 1. The minimum absolute atomic E-state index is 0.241. The van der Waals surface area contributed by atoms with E-state index in [9.17, 15) is 5.11 Å². The first-order chi connectivity index (χ1) is 10.6. The van der Waals surface area contributed by atoms with Gasteiger partial charge in [-0.15, -0.1) is 0 Å². The molecule has 3 rings (SSSR count). The van der Waals surface area contributed by atoms with Crippen LogP contribution in [0.4, 0.5) is 5.69 Å². The average Bonchev–Trinajstić information content (AvgIpc) is 2.55. The van der Waals surface area contributed by atoms with Gasteiger partial charge in [-0.25, -0.2) is 4.98 Å². The van der Waals surface area contributed by atoms with Gasteiger partial charge in [0.1, 0.15) is 5.75 Å². The second-order valence-corrected chi connectivity index (χ2v) is 5.25. The molecule has 0 spiro atoms. The van der Waals surface area contributed by atoms with Crippen molar-refractivity contribution in [3.63, 3.8) is 0 Å². The predicted molar refractivity (Wildman–Crippen MR) is 88.9 cm³/mol. The number of anilines is 1. The Morgan fingerprint density at radius 2 is 1.55 bits per heavy atom. The van der Waals surface area contributed by atoms with Gasteiger partial charge in [0, 0.05) is 30.9 Å². The molecule has 110 valence electrons. The summed E-state index contributed by atoms with van der Waals surface area (Å²) in [5.41, 5.74) is 4.68. The van der Waals surface area contributed by atoms with Crippen LogP contribution in [-0.4, -0.2) is 29.2 Å². The second kappa shape index (κ2) is 5.85. The monoisotopic (exact) mass is 291 g/mol. The van der Waals surface area contributed by atoms with Crippen molar-refractivity contribution in [1.29, 1.82) is 0 Å². The number of benzene rings is 2. The van der Waals surface area contributed by atoms with E-state index in [0.29, 0.717) is 0 Å². The van der Waals surface area contributed by atoms with Gasteiger partial charge in [0.25, 0.3) is 0 Å². The molecule has 0 saturated carbocycles. The molecule has 0 saturated heterocycles. The maximum Gasteiger partial charge on any atom is 0.115 e. The highest BCUT2D eigenvalue weighted by Crippen LogP contribution is 2.29. The molecule has 1 aromatic heterocycles. The molecular weight excluding hydrogens is 274 g/mol. The van der Waals surface area contributed by atoms with Crippen molar-refractivity contribution in [3.8, 4) is 28.3 Å². The van der Waals surface area contributed by atoms with E-state index in [1.165, 1.54) is 0 Å².